The number of imidazole rings is 1. The minimum absolute atomic E-state index is 0.192. The Kier molecular flexibility index (Phi) is 4.20. The van der Waals surface area contributed by atoms with Crippen LogP contribution in [-0.2, 0) is 0 Å². The smallest absolute Gasteiger partial charge is 0.160 e. The first-order valence-electron chi connectivity index (χ1n) is 9.13. The average molecular weight is 337 g/mol. The number of nitrogens with one attached hydrogen (secondary N) is 1. The summed E-state index contributed by atoms with van der Waals surface area (Å²) in [7, 11) is 0. The van der Waals surface area contributed by atoms with Gasteiger partial charge in [0.25, 0.3) is 0 Å². The summed E-state index contributed by atoms with van der Waals surface area (Å²) >= 11 is 0. The molecule has 2 aromatic heterocycles. The Morgan fingerprint density at radius 3 is 2.68 bits per heavy atom. The van der Waals surface area contributed by atoms with Crippen molar-refractivity contribution in [2.45, 2.75) is 52.0 Å². The number of hydrogen-bond acceptors (Lipinski definition) is 2. The van der Waals surface area contributed by atoms with Crippen molar-refractivity contribution in [1.82, 2.24) is 9.38 Å². The van der Waals surface area contributed by atoms with Gasteiger partial charge in [-0.15, -0.1) is 0 Å². The fraction of sp³-hybridized carbons (Fsp3) is 0.381. The second-order valence-electron chi connectivity index (χ2n) is 7.14. The Bertz CT molecular complexity index is 907. The summed E-state index contributed by atoms with van der Waals surface area (Å²) in [6.45, 7) is 4.10. The number of benzene rings is 1. The number of nitrogens with zero attached hydrogens (tertiary/aromatic N) is 2. The summed E-state index contributed by atoms with van der Waals surface area (Å²) in [6.07, 6.45) is 12.3. The van der Waals surface area contributed by atoms with Crippen LogP contribution in [0.15, 0.2) is 36.8 Å². The first-order valence-corrected chi connectivity index (χ1v) is 9.13. The SMILES string of the molecule is Cc1cc(F)ccc1-c1cn2ccnc2c(NC2CCCCC2)c1C. The molecule has 1 aromatic carbocycles. The van der Waals surface area contributed by atoms with E-state index in [0.29, 0.717) is 6.04 Å². The first kappa shape index (κ1) is 16.1. The molecule has 0 amide bonds. The van der Waals surface area contributed by atoms with E-state index >= 15 is 0 Å². The predicted octanol–water partition coefficient (Wildman–Crippen LogP) is 5.50. The van der Waals surface area contributed by atoms with Crippen LogP contribution in [0, 0.1) is 19.7 Å². The molecule has 130 valence electrons. The van der Waals surface area contributed by atoms with Crippen LogP contribution >= 0.6 is 0 Å². The van der Waals surface area contributed by atoms with Crippen molar-refractivity contribution >= 4 is 11.3 Å². The van der Waals surface area contributed by atoms with Crippen LogP contribution in [0.5, 0.6) is 0 Å². The minimum atomic E-state index is -0.192. The van der Waals surface area contributed by atoms with E-state index in [-0.39, 0.29) is 5.82 Å². The van der Waals surface area contributed by atoms with Gasteiger partial charge in [0.2, 0.25) is 0 Å². The van der Waals surface area contributed by atoms with Gasteiger partial charge in [0.15, 0.2) is 5.65 Å². The first-order chi connectivity index (χ1) is 12.1. The van der Waals surface area contributed by atoms with E-state index in [1.165, 1.54) is 43.7 Å². The number of aryl methyl sites for hydroxylation is 1. The van der Waals surface area contributed by atoms with Gasteiger partial charge in [0, 0.05) is 30.2 Å². The van der Waals surface area contributed by atoms with Crippen molar-refractivity contribution in [3.63, 3.8) is 0 Å². The number of aromatic nitrogens is 2. The van der Waals surface area contributed by atoms with Gasteiger partial charge in [-0.3, -0.25) is 0 Å². The van der Waals surface area contributed by atoms with Crippen molar-refractivity contribution in [3.05, 3.63) is 53.7 Å². The molecular weight excluding hydrogens is 313 g/mol. The number of fused-ring (bicyclic) bond motifs is 1. The van der Waals surface area contributed by atoms with Gasteiger partial charge < -0.3 is 9.72 Å². The molecule has 0 aliphatic heterocycles. The van der Waals surface area contributed by atoms with E-state index in [9.17, 15) is 4.39 Å². The number of halogens is 1. The fourth-order valence-electron chi connectivity index (χ4n) is 3.97. The van der Waals surface area contributed by atoms with Crippen LogP contribution in [0.4, 0.5) is 10.1 Å². The zero-order valence-corrected chi connectivity index (χ0v) is 14.8. The van der Waals surface area contributed by atoms with E-state index in [4.69, 9.17) is 0 Å². The summed E-state index contributed by atoms with van der Waals surface area (Å²) in [5.41, 5.74) is 6.40. The van der Waals surface area contributed by atoms with Crippen LogP contribution in [-0.4, -0.2) is 15.4 Å². The molecule has 0 unspecified atom stereocenters. The largest absolute Gasteiger partial charge is 0.379 e. The van der Waals surface area contributed by atoms with Crippen LogP contribution in [0.3, 0.4) is 0 Å². The molecule has 1 aliphatic carbocycles. The Morgan fingerprint density at radius 2 is 1.92 bits per heavy atom. The third kappa shape index (κ3) is 3.01. The lowest BCUT2D eigenvalue weighted by atomic mass is 9.94. The normalized spacial score (nSPS) is 15.6. The number of anilines is 1. The van der Waals surface area contributed by atoms with E-state index < -0.39 is 0 Å². The molecule has 4 rings (SSSR count). The molecule has 25 heavy (non-hydrogen) atoms. The molecule has 1 saturated carbocycles. The van der Waals surface area contributed by atoms with Crippen molar-refractivity contribution in [3.8, 4) is 11.1 Å². The maximum atomic E-state index is 13.5. The predicted molar refractivity (Wildman–Crippen MR) is 101 cm³/mol. The molecule has 4 heteroatoms. The molecule has 0 radical (unpaired) electrons. The highest BCUT2D eigenvalue weighted by atomic mass is 19.1. The van der Waals surface area contributed by atoms with E-state index in [0.717, 1.165) is 28.0 Å². The Balaban J connectivity index is 1.84. The van der Waals surface area contributed by atoms with Gasteiger partial charge in [0.05, 0.1) is 5.69 Å². The Morgan fingerprint density at radius 1 is 1.12 bits per heavy atom. The third-order valence-corrected chi connectivity index (χ3v) is 5.37. The number of rotatable bonds is 3. The maximum Gasteiger partial charge on any atom is 0.160 e. The zero-order valence-electron chi connectivity index (χ0n) is 14.8. The molecule has 1 aliphatic rings. The van der Waals surface area contributed by atoms with Crippen LogP contribution in [0.2, 0.25) is 0 Å². The molecule has 3 nitrogen and oxygen atoms in total. The summed E-state index contributed by atoms with van der Waals surface area (Å²) in [4.78, 5) is 4.56. The molecule has 0 bridgehead atoms. The van der Waals surface area contributed by atoms with Crippen molar-refractivity contribution < 1.29 is 4.39 Å². The third-order valence-electron chi connectivity index (χ3n) is 5.37. The number of pyridine rings is 1. The monoisotopic (exact) mass is 337 g/mol. The number of hydrogen-bond donors (Lipinski definition) is 1. The van der Waals surface area contributed by atoms with Crippen molar-refractivity contribution in [1.29, 1.82) is 0 Å². The van der Waals surface area contributed by atoms with Crippen LogP contribution in [0.25, 0.3) is 16.8 Å². The Hall–Kier alpha value is -2.36. The molecular formula is C21H24FN3. The second kappa shape index (κ2) is 6.51. The highest BCUT2D eigenvalue weighted by molar-refractivity contribution is 5.82. The van der Waals surface area contributed by atoms with Gasteiger partial charge in [-0.1, -0.05) is 25.3 Å². The highest BCUT2D eigenvalue weighted by Gasteiger charge is 2.19. The van der Waals surface area contributed by atoms with Gasteiger partial charge in [-0.05, 0) is 55.5 Å². The van der Waals surface area contributed by atoms with Crippen molar-refractivity contribution in [2.24, 2.45) is 0 Å². The van der Waals surface area contributed by atoms with Crippen LogP contribution < -0.4 is 5.32 Å². The van der Waals surface area contributed by atoms with E-state index in [1.54, 1.807) is 6.07 Å². The standard InChI is InChI=1S/C21H24FN3/c1-14-12-16(22)8-9-18(14)19-13-25-11-10-23-21(25)20(15(19)2)24-17-6-4-3-5-7-17/h8-13,17,24H,3-7H2,1-2H3. The summed E-state index contributed by atoms with van der Waals surface area (Å²) in [5, 5.41) is 3.76. The summed E-state index contributed by atoms with van der Waals surface area (Å²) < 4.78 is 15.6. The molecule has 1 N–H and O–H groups in total. The highest BCUT2D eigenvalue weighted by Crippen LogP contribution is 2.35. The lowest BCUT2D eigenvalue weighted by Crippen LogP contribution is -2.23. The summed E-state index contributed by atoms with van der Waals surface area (Å²) in [5.74, 6) is -0.192. The Labute approximate surface area is 147 Å². The molecule has 1 fully saturated rings. The maximum absolute atomic E-state index is 13.5. The topological polar surface area (TPSA) is 29.3 Å². The average Bonchev–Trinajstić information content (AvgIpc) is 3.07. The summed E-state index contributed by atoms with van der Waals surface area (Å²) in [6, 6.07) is 5.52. The lowest BCUT2D eigenvalue weighted by Gasteiger charge is -2.26. The zero-order chi connectivity index (χ0) is 17.4. The molecule has 2 heterocycles. The molecule has 3 aromatic rings. The van der Waals surface area contributed by atoms with Crippen LogP contribution in [0.1, 0.15) is 43.2 Å². The lowest BCUT2D eigenvalue weighted by molar-refractivity contribution is 0.462. The quantitative estimate of drug-likeness (QED) is 0.683. The van der Waals surface area contributed by atoms with Gasteiger partial charge in [0.1, 0.15) is 5.82 Å². The minimum Gasteiger partial charge on any atom is -0.379 e. The van der Waals surface area contributed by atoms with Gasteiger partial charge >= 0.3 is 0 Å². The fourth-order valence-corrected chi connectivity index (χ4v) is 3.97. The van der Waals surface area contributed by atoms with Gasteiger partial charge in [-0.2, -0.15) is 0 Å². The molecule has 0 saturated heterocycles. The van der Waals surface area contributed by atoms with E-state index in [1.807, 2.05) is 25.4 Å². The molecule has 0 atom stereocenters. The molecule has 0 spiro atoms. The van der Waals surface area contributed by atoms with Crippen molar-refractivity contribution in [2.75, 3.05) is 5.32 Å². The second-order valence-corrected chi connectivity index (χ2v) is 7.14. The van der Waals surface area contributed by atoms with Gasteiger partial charge in [-0.25, -0.2) is 9.37 Å². The van der Waals surface area contributed by atoms with E-state index in [2.05, 4.69) is 27.8 Å².